The van der Waals surface area contributed by atoms with Gasteiger partial charge in [-0.3, -0.25) is 4.90 Å². The van der Waals surface area contributed by atoms with Crippen molar-refractivity contribution in [2.45, 2.75) is 45.3 Å². The lowest BCUT2D eigenvalue weighted by atomic mass is 9.91. The van der Waals surface area contributed by atoms with Crippen molar-refractivity contribution in [2.75, 3.05) is 13.1 Å². The zero-order valence-electron chi connectivity index (χ0n) is 15.3. The molecule has 0 aromatic heterocycles. The van der Waals surface area contributed by atoms with Gasteiger partial charge in [-0.1, -0.05) is 53.9 Å². The van der Waals surface area contributed by atoms with E-state index in [2.05, 4.69) is 17.0 Å². The standard InChI is InChI=1S/C21H24BCl2NO/c1-14-6-8-16(12-18(14)23)20(25-10-4-3-5-11-25)21(26-22)17-9-7-15(2)19(24)13-17/h6-9,12-13,20-21H,3-5,10-11H2,1-2H3. The minimum Gasteiger partial charge on any atom is -0.439 e. The lowest BCUT2D eigenvalue weighted by molar-refractivity contribution is 0.0575. The van der Waals surface area contributed by atoms with Gasteiger partial charge in [-0.05, 0) is 74.2 Å². The second kappa shape index (κ2) is 8.80. The quantitative estimate of drug-likeness (QED) is 0.585. The van der Waals surface area contributed by atoms with E-state index in [1.807, 2.05) is 38.1 Å². The van der Waals surface area contributed by atoms with Gasteiger partial charge < -0.3 is 4.65 Å². The number of nitrogens with zero attached hydrogens (tertiary/aromatic N) is 1. The van der Waals surface area contributed by atoms with Gasteiger partial charge in [-0.25, -0.2) is 0 Å². The monoisotopic (exact) mass is 387 g/mol. The van der Waals surface area contributed by atoms with Crippen molar-refractivity contribution in [3.8, 4) is 0 Å². The molecule has 136 valence electrons. The van der Waals surface area contributed by atoms with Gasteiger partial charge >= 0.3 is 0 Å². The smallest absolute Gasteiger partial charge is 0.283 e. The lowest BCUT2D eigenvalue weighted by Crippen LogP contribution is -2.37. The van der Waals surface area contributed by atoms with Gasteiger partial charge in [0.25, 0.3) is 8.05 Å². The van der Waals surface area contributed by atoms with Gasteiger partial charge in [0, 0.05) is 10.0 Å². The third-order valence-electron chi connectivity index (χ3n) is 5.28. The van der Waals surface area contributed by atoms with Crippen molar-refractivity contribution >= 4 is 31.3 Å². The summed E-state index contributed by atoms with van der Waals surface area (Å²) in [5.74, 6) is 0. The van der Waals surface area contributed by atoms with E-state index in [9.17, 15) is 0 Å². The maximum absolute atomic E-state index is 6.43. The van der Waals surface area contributed by atoms with Crippen LogP contribution in [0.2, 0.25) is 10.0 Å². The van der Waals surface area contributed by atoms with Gasteiger partial charge in [0.15, 0.2) is 0 Å². The normalized spacial score (nSPS) is 17.8. The topological polar surface area (TPSA) is 12.5 Å². The molecule has 3 rings (SSSR count). The summed E-state index contributed by atoms with van der Waals surface area (Å²) in [4.78, 5) is 2.45. The molecule has 0 spiro atoms. The summed E-state index contributed by atoms with van der Waals surface area (Å²) in [7, 11) is 5.80. The third kappa shape index (κ3) is 4.28. The first-order valence-electron chi connectivity index (χ1n) is 9.13. The Hall–Kier alpha value is -0.995. The van der Waals surface area contributed by atoms with Crippen LogP contribution in [-0.4, -0.2) is 26.0 Å². The van der Waals surface area contributed by atoms with Crippen LogP contribution < -0.4 is 0 Å². The van der Waals surface area contributed by atoms with Crippen LogP contribution in [0.4, 0.5) is 0 Å². The Morgan fingerprint density at radius 2 is 1.42 bits per heavy atom. The van der Waals surface area contributed by atoms with E-state index in [4.69, 9.17) is 35.9 Å². The first-order chi connectivity index (χ1) is 12.5. The highest BCUT2D eigenvalue weighted by Gasteiger charge is 2.31. The average molecular weight is 388 g/mol. The first kappa shape index (κ1) is 19.8. The second-order valence-electron chi connectivity index (χ2n) is 7.12. The van der Waals surface area contributed by atoms with Gasteiger partial charge in [-0.15, -0.1) is 0 Å². The third-order valence-corrected chi connectivity index (χ3v) is 6.09. The summed E-state index contributed by atoms with van der Waals surface area (Å²) in [5, 5.41) is 1.49. The highest BCUT2D eigenvalue weighted by molar-refractivity contribution is 6.31. The zero-order valence-corrected chi connectivity index (χ0v) is 16.9. The maximum atomic E-state index is 6.43. The van der Waals surface area contributed by atoms with Gasteiger partial charge in [-0.2, -0.15) is 0 Å². The Morgan fingerprint density at radius 1 is 0.885 bits per heavy atom. The molecule has 2 unspecified atom stereocenters. The number of aryl methyl sites for hydroxylation is 2. The SMILES string of the molecule is [B]OC(c1ccc(C)c(Cl)c1)C(c1ccc(C)c(Cl)c1)N1CCCCC1. The molecule has 0 bridgehead atoms. The molecule has 0 aliphatic carbocycles. The fourth-order valence-electron chi connectivity index (χ4n) is 3.69. The van der Waals surface area contributed by atoms with E-state index in [1.165, 1.54) is 19.3 Å². The molecule has 0 N–H and O–H groups in total. The predicted octanol–water partition coefficient (Wildman–Crippen LogP) is 5.98. The van der Waals surface area contributed by atoms with Crippen LogP contribution in [0.3, 0.4) is 0 Å². The minimum absolute atomic E-state index is 0.00262. The lowest BCUT2D eigenvalue weighted by Gasteiger charge is -2.39. The number of piperidine rings is 1. The zero-order chi connectivity index (χ0) is 18.7. The van der Waals surface area contributed by atoms with E-state index < -0.39 is 0 Å². The number of likely N-dealkylation sites (tertiary alicyclic amines) is 1. The average Bonchev–Trinajstić information content (AvgIpc) is 2.65. The van der Waals surface area contributed by atoms with Crippen LogP contribution in [0.25, 0.3) is 0 Å². The molecule has 26 heavy (non-hydrogen) atoms. The van der Waals surface area contributed by atoms with Crippen molar-refractivity contribution in [1.29, 1.82) is 0 Å². The Kier molecular flexibility index (Phi) is 6.68. The van der Waals surface area contributed by atoms with Gasteiger partial charge in [0.1, 0.15) is 0 Å². The van der Waals surface area contributed by atoms with E-state index >= 15 is 0 Å². The van der Waals surface area contributed by atoms with Crippen molar-refractivity contribution in [2.24, 2.45) is 0 Å². The molecule has 2 atom stereocenters. The Bertz CT molecular complexity index is 762. The van der Waals surface area contributed by atoms with Crippen molar-refractivity contribution in [3.63, 3.8) is 0 Å². The van der Waals surface area contributed by atoms with Gasteiger partial charge in [0.2, 0.25) is 0 Å². The molecule has 1 aliphatic heterocycles. The van der Waals surface area contributed by atoms with E-state index in [0.29, 0.717) is 0 Å². The maximum Gasteiger partial charge on any atom is 0.283 e. The van der Waals surface area contributed by atoms with Crippen LogP contribution in [0.1, 0.15) is 53.7 Å². The number of rotatable bonds is 5. The molecule has 1 aliphatic rings. The Labute approximate surface area is 167 Å². The molecule has 2 aromatic carbocycles. The summed E-state index contributed by atoms with van der Waals surface area (Å²) in [6.45, 7) is 6.05. The first-order valence-corrected chi connectivity index (χ1v) is 9.88. The summed E-state index contributed by atoms with van der Waals surface area (Å²) in [6.07, 6.45) is 3.32. The van der Waals surface area contributed by atoms with E-state index in [1.54, 1.807) is 0 Å². The minimum atomic E-state index is -0.315. The van der Waals surface area contributed by atoms with Crippen LogP contribution in [0.5, 0.6) is 0 Å². The highest BCUT2D eigenvalue weighted by atomic mass is 35.5. The Morgan fingerprint density at radius 3 is 1.96 bits per heavy atom. The fourth-order valence-corrected chi connectivity index (χ4v) is 4.07. The summed E-state index contributed by atoms with van der Waals surface area (Å²) in [6, 6.07) is 12.2. The molecule has 0 saturated carbocycles. The van der Waals surface area contributed by atoms with Crippen molar-refractivity contribution in [3.05, 3.63) is 68.7 Å². The molecule has 1 fully saturated rings. The van der Waals surface area contributed by atoms with Crippen molar-refractivity contribution in [1.82, 2.24) is 4.90 Å². The number of hydrogen-bond acceptors (Lipinski definition) is 2. The summed E-state index contributed by atoms with van der Waals surface area (Å²) >= 11 is 12.8. The van der Waals surface area contributed by atoms with Crippen molar-refractivity contribution < 1.29 is 4.65 Å². The fraction of sp³-hybridized carbons (Fsp3) is 0.429. The second-order valence-corrected chi connectivity index (χ2v) is 7.93. The number of hydrogen-bond donors (Lipinski definition) is 0. The summed E-state index contributed by atoms with van der Waals surface area (Å²) in [5.41, 5.74) is 4.21. The molecule has 1 saturated heterocycles. The van der Waals surface area contributed by atoms with Crippen LogP contribution in [-0.2, 0) is 4.65 Å². The molecule has 5 heteroatoms. The molecule has 2 nitrogen and oxygen atoms in total. The molecule has 1 heterocycles. The summed E-state index contributed by atoms with van der Waals surface area (Å²) < 4.78 is 5.53. The highest BCUT2D eigenvalue weighted by Crippen LogP contribution is 2.40. The van der Waals surface area contributed by atoms with Crippen LogP contribution >= 0.6 is 23.2 Å². The Balaban J connectivity index is 2.04. The molecular weight excluding hydrogens is 364 g/mol. The van der Waals surface area contributed by atoms with E-state index in [-0.39, 0.29) is 12.1 Å². The van der Waals surface area contributed by atoms with Gasteiger partial charge in [0.05, 0.1) is 12.1 Å². The largest absolute Gasteiger partial charge is 0.439 e. The molecule has 2 aromatic rings. The van der Waals surface area contributed by atoms with Crippen LogP contribution in [0, 0.1) is 13.8 Å². The van der Waals surface area contributed by atoms with E-state index in [0.717, 1.165) is 45.4 Å². The number of benzene rings is 2. The molecular formula is C21H24BCl2NO. The predicted molar refractivity (Wildman–Crippen MR) is 110 cm³/mol. The van der Waals surface area contributed by atoms with Crippen LogP contribution in [0.15, 0.2) is 36.4 Å². The number of halogens is 2. The molecule has 2 radical (unpaired) electrons. The molecule has 0 amide bonds.